The number of Topliss-reactive ketones (excluding diaryl/α,β-unsaturated/α-hetero) is 1. The molecule has 7 fully saturated rings. The number of esters is 1. The van der Waals surface area contributed by atoms with Crippen LogP contribution in [0.15, 0.2) is 11.6 Å². The zero-order valence-corrected chi connectivity index (χ0v) is 32.5. The van der Waals surface area contributed by atoms with Crippen molar-refractivity contribution in [3.8, 4) is 0 Å². The summed E-state index contributed by atoms with van der Waals surface area (Å²) < 4.78 is 20.8. The number of piperidine rings is 2. The second-order valence-electron chi connectivity index (χ2n) is 18.5. The molecule has 2 saturated carbocycles. The van der Waals surface area contributed by atoms with E-state index in [1.165, 1.54) is 0 Å². The third-order valence-electron chi connectivity index (χ3n) is 15.5. The van der Waals surface area contributed by atoms with E-state index in [2.05, 4.69) is 17.6 Å². The van der Waals surface area contributed by atoms with Gasteiger partial charge in [-0.25, -0.2) is 4.79 Å². The van der Waals surface area contributed by atoms with Crippen LogP contribution in [0.3, 0.4) is 0 Å². The lowest BCUT2D eigenvalue weighted by Crippen LogP contribution is -2.95. The Hall–Kier alpha value is -1.52. The number of aliphatic hydroxyl groups excluding tert-OH is 4. The highest BCUT2D eigenvalue weighted by atomic mass is 16.6. The summed E-state index contributed by atoms with van der Waals surface area (Å²) in [5.41, 5.74) is 12.6. The van der Waals surface area contributed by atoms with Crippen molar-refractivity contribution in [1.82, 2.24) is 5.32 Å². The Morgan fingerprint density at radius 1 is 1.00 bits per heavy atom. The SMILES string of the molecule is CC=C(CO)C(=O)OC1CC2C(O)C3C(=O)CC(CO)OC3C3C(CC4CCCC(O)C4)C4CCNC(N)C4CCC(CC4CCC(N)[NH2+]C4)C1(C)OC23. The molecular formula is C41H69N4O9+. The summed E-state index contributed by atoms with van der Waals surface area (Å²) in [5.74, 6) is -1.34. The Morgan fingerprint density at radius 2 is 1.81 bits per heavy atom. The third kappa shape index (κ3) is 7.98. The van der Waals surface area contributed by atoms with E-state index in [0.717, 1.165) is 83.7 Å². The van der Waals surface area contributed by atoms with E-state index in [0.29, 0.717) is 12.3 Å². The molecule has 0 amide bonds. The topological polar surface area (TPSA) is 223 Å². The Balaban J connectivity index is 1.36. The highest BCUT2D eigenvalue weighted by molar-refractivity contribution is 5.88. The number of rotatable bonds is 8. The number of ether oxygens (including phenoxy) is 3. The first-order valence-electron chi connectivity index (χ1n) is 21.3. The molecule has 18 unspecified atom stereocenters. The largest absolute Gasteiger partial charge is 0.456 e. The zero-order valence-electron chi connectivity index (χ0n) is 32.5. The van der Waals surface area contributed by atoms with Gasteiger partial charge in [-0.1, -0.05) is 18.9 Å². The minimum Gasteiger partial charge on any atom is -0.456 e. The molecule has 2 bridgehead atoms. The van der Waals surface area contributed by atoms with Crippen molar-refractivity contribution in [2.24, 2.45) is 64.7 Å². The van der Waals surface area contributed by atoms with Crippen LogP contribution in [0.5, 0.6) is 0 Å². The Bertz CT molecular complexity index is 1350. The number of ketones is 1. The maximum atomic E-state index is 14.1. The number of allylic oxidation sites excluding steroid dienone is 1. The molecule has 0 aromatic rings. The van der Waals surface area contributed by atoms with Crippen LogP contribution in [0.4, 0.5) is 0 Å². The first kappa shape index (κ1) is 40.7. The molecule has 18 atom stereocenters. The quantitative estimate of drug-likeness (QED) is 0.125. The molecule has 13 heteroatoms. The molecule has 5 heterocycles. The van der Waals surface area contributed by atoms with E-state index in [-0.39, 0.29) is 78.3 Å². The van der Waals surface area contributed by atoms with Crippen molar-refractivity contribution in [2.45, 2.75) is 152 Å². The van der Waals surface area contributed by atoms with Crippen LogP contribution in [0, 0.1) is 53.3 Å². The minimum atomic E-state index is -1.09. The Morgan fingerprint density at radius 3 is 2.52 bits per heavy atom. The zero-order chi connectivity index (χ0) is 38.3. The van der Waals surface area contributed by atoms with Crippen LogP contribution < -0.4 is 22.1 Å². The van der Waals surface area contributed by atoms with E-state index in [1.807, 2.05) is 0 Å². The molecule has 5 saturated heterocycles. The Labute approximate surface area is 320 Å². The van der Waals surface area contributed by atoms with Gasteiger partial charge in [-0.3, -0.25) is 10.5 Å². The maximum absolute atomic E-state index is 14.1. The lowest BCUT2D eigenvalue weighted by Gasteiger charge is -2.62. The number of nitrogens with one attached hydrogen (secondary N) is 1. The molecular weight excluding hydrogens is 692 g/mol. The molecule has 5 aliphatic heterocycles. The standard InChI is InChI=1S/C41H68N4O9/c1-3-23(19-46)40(51)53-32-17-30-36(50)35-31(49)16-26(20-47)52-38(35)34-29(15-21-5-4-6-25(48)14-21)27-11-12-44-39(43)28(27)9-8-24(41(32,2)54-37(30)34)13-22-7-10-33(42)45-18-22/h3,21-22,24-30,32-39,44-48,50H,4-20,42-43H2,1-2H3/p+1. The summed E-state index contributed by atoms with van der Waals surface area (Å²) in [5, 5.41) is 49.4. The molecule has 0 aromatic heterocycles. The van der Waals surface area contributed by atoms with Crippen LogP contribution in [0.1, 0.15) is 97.3 Å². The van der Waals surface area contributed by atoms with Crippen molar-refractivity contribution in [3.63, 3.8) is 0 Å². The maximum Gasteiger partial charge on any atom is 0.336 e. The second kappa shape index (κ2) is 17.1. The molecule has 7 rings (SSSR count). The number of carbonyl (C=O) groups excluding carboxylic acids is 2. The van der Waals surface area contributed by atoms with Crippen molar-refractivity contribution >= 4 is 11.8 Å². The predicted octanol–water partition coefficient (Wildman–Crippen LogP) is 0.453. The van der Waals surface area contributed by atoms with Gasteiger partial charge in [-0.05, 0) is 108 Å². The van der Waals surface area contributed by atoms with E-state index < -0.39 is 60.5 Å². The predicted molar refractivity (Wildman–Crippen MR) is 199 cm³/mol. The van der Waals surface area contributed by atoms with Crippen LogP contribution >= 0.6 is 0 Å². The fourth-order valence-electron chi connectivity index (χ4n) is 12.6. The van der Waals surface area contributed by atoms with Crippen LogP contribution in [-0.2, 0) is 23.8 Å². The van der Waals surface area contributed by atoms with Crippen molar-refractivity contribution in [2.75, 3.05) is 26.3 Å². The van der Waals surface area contributed by atoms with Gasteiger partial charge in [-0.2, -0.15) is 0 Å². The monoisotopic (exact) mass is 762 g/mol. The lowest BCUT2D eigenvalue weighted by atomic mass is 9.53. The molecule has 0 spiro atoms. The van der Waals surface area contributed by atoms with Crippen LogP contribution in [-0.4, -0.2) is 113 Å². The summed E-state index contributed by atoms with van der Waals surface area (Å²) in [6, 6.07) is 0. The average molecular weight is 762 g/mol. The normalized spacial score (nSPS) is 48.6. The van der Waals surface area contributed by atoms with E-state index in [1.54, 1.807) is 13.0 Å². The number of quaternary nitrogens is 1. The fourth-order valence-corrected chi connectivity index (χ4v) is 12.6. The summed E-state index contributed by atoms with van der Waals surface area (Å²) in [4.78, 5) is 27.8. The molecule has 306 valence electrons. The van der Waals surface area contributed by atoms with Gasteiger partial charge in [0.15, 0.2) is 0 Å². The molecule has 0 radical (unpaired) electrons. The summed E-state index contributed by atoms with van der Waals surface area (Å²) in [6.07, 6.45) is 7.46. The molecule has 11 N–H and O–H groups in total. The first-order valence-corrected chi connectivity index (χ1v) is 21.3. The van der Waals surface area contributed by atoms with Gasteiger partial charge in [0, 0.05) is 30.6 Å². The number of carbonyl (C=O) groups is 2. The van der Waals surface area contributed by atoms with Gasteiger partial charge < -0.3 is 51.0 Å². The number of fused-ring (bicyclic) bond motifs is 4. The van der Waals surface area contributed by atoms with Crippen molar-refractivity contribution in [1.29, 1.82) is 0 Å². The van der Waals surface area contributed by atoms with Crippen LogP contribution in [0.2, 0.25) is 0 Å². The van der Waals surface area contributed by atoms with E-state index >= 15 is 0 Å². The highest BCUT2D eigenvalue weighted by Crippen LogP contribution is 2.58. The second-order valence-corrected chi connectivity index (χ2v) is 18.5. The van der Waals surface area contributed by atoms with Gasteiger partial charge in [0.1, 0.15) is 23.7 Å². The minimum absolute atomic E-state index is 0.0227. The molecule has 0 aromatic carbocycles. The molecule has 7 aliphatic rings. The molecule has 2 aliphatic carbocycles. The third-order valence-corrected chi connectivity index (χ3v) is 15.5. The van der Waals surface area contributed by atoms with E-state index in [4.69, 9.17) is 25.7 Å². The smallest absolute Gasteiger partial charge is 0.336 e. The van der Waals surface area contributed by atoms with Crippen molar-refractivity contribution < 1.29 is 49.5 Å². The molecule has 54 heavy (non-hydrogen) atoms. The van der Waals surface area contributed by atoms with Gasteiger partial charge in [-0.15, -0.1) is 0 Å². The first-order chi connectivity index (χ1) is 25.9. The number of hydrogen-bond acceptors (Lipinski definition) is 12. The number of aliphatic hydroxyl groups is 4. The fraction of sp³-hybridized carbons (Fsp3) is 0.902. The summed E-state index contributed by atoms with van der Waals surface area (Å²) >= 11 is 0. The lowest BCUT2D eigenvalue weighted by molar-refractivity contribution is -0.703. The highest BCUT2D eigenvalue weighted by Gasteiger charge is 2.65. The summed E-state index contributed by atoms with van der Waals surface area (Å²) in [6.45, 7) is 4.73. The van der Waals surface area contributed by atoms with Gasteiger partial charge in [0.2, 0.25) is 0 Å². The van der Waals surface area contributed by atoms with Crippen molar-refractivity contribution in [3.05, 3.63) is 11.6 Å². The van der Waals surface area contributed by atoms with Gasteiger partial charge >= 0.3 is 5.97 Å². The number of hydrogen-bond donors (Lipinski definition) is 8. The average Bonchev–Trinajstić information content (AvgIpc) is 3.14. The molecule has 13 nitrogen and oxygen atoms in total. The van der Waals surface area contributed by atoms with Crippen LogP contribution in [0.25, 0.3) is 0 Å². The van der Waals surface area contributed by atoms with Gasteiger partial charge in [0.25, 0.3) is 0 Å². The Kier molecular flexibility index (Phi) is 12.9. The van der Waals surface area contributed by atoms with E-state index in [9.17, 15) is 30.0 Å². The number of nitrogens with two attached hydrogens (primary N) is 3. The summed E-state index contributed by atoms with van der Waals surface area (Å²) in [7, 11) is 0. The van der Waals surface area contributed by atoms with Gasteiger partial charge in [0.05, 0.1) is 67.9 Å².